The van der Waals surface area contributed by atoms with Crippen LogP contribution in [0.25, 0.3) is 0 Å². The van der Waals surface area contributed by atoms with Crippen LogP contribution in [0, 0.1) is 0 Å². The van der Waals surface area contributed by atoms with Gasteiger partial charge in [-0.05, 0) is 0 Å². The molecule has 0 spiro atoms. The van der Waals surface area contributed by atoms with Crippen LogP contribution < -0.4 is 10.5 Å². The van der Waals surface area contributed by atoms with Crippen LogP contribution in [0.15, 0.2) is 48.0 Å². The Kier molecular flexibility index (Phi) is 4.13. The smallest absolute Gasteiger partial charge is 0.291 e. The van der Waals surface area contributed by atoms with Crippen LogP contribution in [0.5, 0.6) is 0 Å². The molecule has 0 aliphatic carbocycles. The van der Waals surface area contributed by atoms with Crippen molar-refractivity contribution in [2.45, 2.75) is 0 Å². The third-order valence-corrected chi connectivity index (χ3v) is 2.35. The predicted octanol–water partition coefficient (Wildman–Crippen LogP) is -0.396. The Labute approximate surface area is 114 Å². The van der Waals surface area contributed by atoms with Crippen molar-refractivity contribution in [3.8, 4) is 0 Å². The number of hydrogen-bond acceptors (Lipinski definition) is 6. The summed E-state index contributed by atoms with van der Waals surface area (Å²) in [5.74, 6) is -1.85. The van der Waals surface area contributed by atoms with E-state index in [2.05, 4.69) is 20.5 Å². The number of nitrogens with zero attached hydrogens (tertiary/aromatic N) is 3. The average molecular weight is 269 g/mol. The van der Waals surface area contributed by atoms with Gasteiger partial charge in [-0.3, -0.25) is 9.78 Å². The van der Waals surface area contributed by atoms with E-state index in [0.29, 0.717) is 5.56 Å². The maximum absolute atomic E-state index is 11.6. The van der Waals surface area contributed by atoms with Gasteiger partial charge in [0.1, 0.15) is 5.69 Å². The first-order chi connectivity index (χ1) is 9.68. The maximum Gasteiger partial charge on any atom is 0.291 e. The van der Waals surface area contributed by atoms with E-state index in [1.54, 1.807) is 18.2 Å². The second-order valence-corrected chi connectivity index (χ2v) is 3.66. The summed E-state index contributed by atoms with van der Waals surface area (Å²) in [4.78, 5) is 30.0. The highest BCUT2D eigenvalue weighted by atomic mass is 16.4. The number of nitrogens with one attached hydrogen (secondary N) is 1. The minimum Gasteiger partial charge on any atom is -0.545 e. The van der Waals surface area contributed by atoms with Crippen molar-refractivity contribution in [2.75, 3.05) is 0 Å². The normalized spacial score (nSPS) is 10.4. The quantitative estimate of drug-likeness (QED) is 0.600. The maximum atomic E-state index is 11.6. The van der Waals surface area contributed by atoms with E-state index in [0.717, 1.165) is 0 Å². The molecule has 0 atom stereocenters. The van der Waals surface area contributed by atoms with Gasteiger partial charge in [0.15, 0.2) is 0 Å². The molecule has 1 aromatic heterocycles. The van der Waals surface area contributed by atoms with Crippen LogP contribution in [0.1, 0.15) is 26.4 Å². The summed E-state index contributed by atoms with van der Waals surface area (Å²) < 4.78 is 0. The van der Waals surface area contributed by atoms with Gasteiger partial charge in [0.25, 0.3) is 5.91 Å². The zero-order valence-corrected chi connectivity index (χ0v) is 10.2. The lowest BCUT2D eigenvalue weighted by Crippen LogP contribution is -2.24. The van der Waals surface area contributed by atoms with Gasteiger partial charge in [0, 0.05) is 23.5 Å². The summed E-state index contributed by atoms with van der Waals surface area (Å²) >= 11 is 0. The summed E-state index contributed by atoms with van der Waals surface area (Å²) in [6.45, 7) is 0. The molecular formula is C13H9N4O3-. The fraction of sp³-hybridized carbons (Fsp3) is 0. The third kappa shape index (κ3) is 3.22. The predicted molar refractivity (Wildman–Crippen MR) is 67.9 cm³/mol. The van der Waals surface area contributed by atoms with Gasteiger partial charge in [0.2, 0.25) is 0 Å². The van der Waals surface area contributed by atoms with Crippen LogP contribution in [0.2, 0.25) is 0 Å². The number of aromatic carboxylic acids is 1. The van der Waals surface area contributed by atoms with Gasteiger partial charge in [0.05, 0.1) is 18.4 Å². The molecule has 20 heavy (non-hydrogen) atoms. The van der Waals surface area contributed by atoms with Gasteiger partial charge in [-0.15, -0.1) is 0 Å². The highest BCUT2D eigenvalue weighted by Gasteiger charge is 2.05. The van der Waals surface area contributed by atoms with Crippen molar-refractivity contribution in [1.82, 2.24) is 15.4 Å². The first kappa shape index (κ1) is 13.3. The van der Waals surface area contributed by atoms with Crippen molar-refractivity contribution < 1.29 is 14.7 Å². The molecule has 1 amide bonds. The Hall–Kier alpha value is -3.09. The van der Waals surface area contributed by atoms with Gasteiger partial charge in [-0.2, -0.15) is 5.10 Å². The van der Waals surface area contributed by atoms with E-state index in [4.69, 9.17) is 0 Å². The second kappa shape index (κ2) is 6.19. The lowest BCUT2D eigenvalue weighted by molar-refractivity contribution is -0.255. The molecule has 0 bridgehead atoms. The number of carbonyl (C=O) groups excluding carboxylic acids is 2. The number of carboxylic acids is 1. The molecule has 1 N–H and O–H groups in total. The summed E-state index contributed by atoms with van der Waals surface area (Å²) in [5, 5.41) is 14.5. The minimum atomic E-state index is -1.31. The van der Waals surface area contributed by atoms with Crippen LogP contribution in [0.4, 0.5) is 0 Å². The zero-order valence-electron chi connectivity index (χ0n) is 10.2. The molecule has 7 nitrogen and oxygen atoms in total. The number of benzene rings is 1. The molecule has 1 aromatic carbocycles. The summed E-state index contributed by atoms with van der Waals surface area (Å²) in [6.07, 6.45) is 5.33. The molecule has 100 valence electrons. The first-order valence-electron chi connectivity index (χ1n) is 5.58. The highest BCUT2D eigenvalue weighted by Crippen LogP contribution is 2.04. The van der Waals surface area contributed by atoms with Crippen LogP contribution >= 0.6 is 0 Å². The molecule has 0 fully saturated rings. The van der Waals surface area contributed by atoms with Crippen molar-refractivity contribution in [3.63, 3.8) is 0 Å². The van der Waals surface area contributed by atoms with E-state index in [-0.39, 0.29) is 11.3 Å². The largest absolute Gasteiger partial charge is 0.545 e. The topological polar surface area (TPSA) is 107 Å². The number of carbonyl (C=O) groups is 2. The van der Waals surface area contributed by atoms with Gasteiger partial charge < -0.3 is 9.90 Å². The second-order valence-electron chi connectivity index (χ2n) is 3.66. The summed E-state index contributed by atoms with van der Waals surface area (Å²) in [7, 11) is 0. The molecule has 1 heterocycles. The molecule has 0 saturated carbocycles. The highest BCUT2D eigenvalue weighted by molar-refractivity contribution is 5.98. The molecule has 0 aliphatic heterocycles. The molecule has 0 saturated heterocycles. The number of amides is 1. The van der Waals surface area contributed by atoms with Crippen molar-refractivity contribution in [3.05, 3.63) is 59.7 Å². The monoisotopic (exact) mass is 269 g/mol. The molecule has 7 heteroatoms. The van der Waals surface area contributed by atoms with Gasteiger partial charge in [-0.1, -0.05) is 24.3 Å². The Morgan fingerprint density at radius 1 is 1.25 bits per heavy atom. The number of aromatic nitrogens is 2. The molecular weight excluding hydrogens is 260 g/mol. The van der Waals surface area contributed by atoms with E-state index < -0.39 is 11.9 Å². The average Bonchev–Trinajstić information content (AvgIpc) is 2.48. The molecule has 2 aromatic rings. The molecule has 0 aliphatic rings. The van der Waals surface area contributed by atoms with Crippen molar-refractivity contribution in [1.29, 1.82) is 0 Å². The lowest BCUT2D eigenvalue weighted by Gasteiger charge is -2.05. The standard InChI is InChI=1S/C13H10N4O3/c18-12(11-8-14-5-6-15-11)17-16-7-9-3-1-2-4-10(9)13(19)20/h1-8H,(H,17,18)(H,19,20)/p-1/b16-7-. The lowest BCUT2D eigenvalue weighted by atomic mass is 10.1. The number of rotatable bonds is 4. The number of carboxylic acid groups (broad SMARTS) is 1. The Balaban J connectivity index is 2.08. The Bertz CT molecular complexity index is 656. The minimum absolute atomic E-state index is 0.00926. The number of hydrazone groups is 1. The van der Waals surface area contributed by atoms with Gasteiger partial charge >= 0.3 is 0 Å². The first-order valence-corrected chi connectivity index (χ1v) is 5.58. The third-order valence-electron chi connectivity index (χ3n) is 2.35. The number of hydrogen-bond donors (Lipinski definition) is 1. The fourth-order valence-electron chi connectivity index (χ4n) is 1.43. The SMILES string of the molecule is O=C(N/N=C\c1ccccc1C(=O)[O-])c1cnccn1. The summed E-state index contributed by atoms with van der Waals surface area (Å²) in [5.41, 5.74) is 2.65. The van der Waals surface area contributed by atoms with E-state index in [1.807, 2.05) is 0 Å². The Morgan fingerprint density at radius 3 is 2.75 bits per heavy atom. The van der Waals surface area contributed by atoms with E-state index in [9.17, 15) is 14.7 Å². The van der Waals surface area contributed by atoms with Crippen LogP contribution in [-0.4, -0.2) is 28.1 Å². The molecule has 0 unspecified atom stereocenters. The van der Waals surface area contributed by atoms with E-state index in [1.165, 1.54) is 30.9 Å². The van der Waals surface area contributed by atoms with Crippen LogP contribution in [0.3, 0.4) is 0 Å². The zero-order chi connectivity index (χ0) is 14.4. The van der Waals surface area contributed by atoms with Crippen LogP contribution in [-0.2, 0) is 0 Å². The van der Waals surface area contributed by atoms with Crippen molar-refractivity contribution in [2.24, 2.45) is 5.10 Å². The fourth-order valence-corrected chi connectivity index (χ4v) is 1.43. The molecule has 0 radical (unpaired) electrons. The van der Waals surface area contributed by atoms with E-state index >= 15 is 0 Å². The van der Waals surface area contributed by atoms with Gasteiger partial charge in [-0.25, -0.2) is 10.4 Å². The Morgan fingerprint density at radius 2 is 2.05 bits per heavy atom. The summed E-state index contributed by atoms with van der Waals surface area (Å²) in [6, 6.07) is 6.16. The van der Waals surface area contributed by atoms with Crippen molar-refractivity contribution >= 4 is 18.1 Å². The molecule has 2 rings (SSSR count).